The summed E-state index contributed by atoms with van der Waals surface area (Å²) in [5.41, 5.74) is 0.0513. The maximum absolute atomic E-state index is 12.6. The van der Waals surface area contributed by atoms with Gasteiger partial charge in [-0.15, -0.1) is 0 Å². The molecule has 6 heteroatoms. The van der Waals surface area contributed by atoms with Gasteiger partial charge in [0.2, 0.25) is 5.91 Å². The van der Waals surface area contributed by atoms with Crippen molar-refractivity contribution in [2.45, 2.75) is 57.7 Å². The molecule has 6 nitrogen and oxygen atoms in total. The van der Waals surface area contributed by atoms with Crippen LogP contribution >= 0.6 is 0 Å². The fraction of sp³-hybridized carbons (Fsp3) is 0.450. The van der Waals surface area contributed by atoms with Crippen molar-refractivity contribution < 1.29 is 4.79 Å². The monoisotopic (exact) mass is 355 g/mol. The standard InChI is InChI=1S/C20H25N3O3/c24-18(21-17-10-6-1-2-7-11-17)15-23-19(25)12-13-22(20(23)26)14-16-8-4-3-5-9-16/h3-5,8-9,12-13,17H,1-2,6-7,10-11,14-15H2,(H,21,24). The van der Waals surface area contributed by atoms with Gasteiger partial charge in [0.1, 0.15) is 6.54 Å². The van der Waals surface area contributed by atoms with Crippen molar-refractivity contribution in [2.75, 3.05) is 0 Å². The molecule has 2 aromatic rings. The Labute approximate surface area is 152 Å². The molecule has 0 bridgehead atoms. The summed E-state index contributed by atoms with van der Waals surface area (Å²) in [6.45, 7) is 0.133. The molecule has 3 rings (SSSR count). The van der Waals surface area contributed by atoms with Crippen LogP contribution in [0.4, 0.5) is 0 Å². The van der Waals surface area contributed by atoms with Gasteiger partial charge in [-0.25, -0.2) is 4.79 Å². The van der Waals surface area contributed by atoms with Crippen LogP contribution in [-0.2, 0) is 17.9 Å². The van der Waals surface area contributed by atoms with Crippen molar-refractivity contribution in [1.82, 2.24) is 14.5 Å². The van der Waals surface area contributed by atoms with Gasteiger partial charge in [0.25, 0.3) is 5.56 Å². The molecule has 1 aliphatic rings. The predicted molar refractivity (Wildman–Crippen MR) is 100 cm³/mol. The van der Waals surface area contributed by atoms with Gasteiger partial charge >= 0.3 is 5.69 Å². The molecule has 1 aromatic heterocycles. The van der Waals surface area contributed by atoms with Gasteiger partial charge in [0.15, 0.2) is 0 Å². The molecule has 1 amide bonds. The normalized spacial score (nSPS) is 15.4. The van der Waals surface area contributed by atoms with Crippen molar-refractivity contribution in [2.24, 2.45) is 0 Å². The van der Waals surface area contributed by atoms with Gasteiger partial charge in [0, 0.05) is 18.3 Å². The van der Waals surface area contributed by atoms with E-state index in [1.165, 1.54) is 29.7 Å². The maximum Gasteiger partial charge on any atom is 0.331 e. The number of nitrogens with one attached hydrogen (secondary N) is 1. The number of carbonyl (C=O) groups excluding carboxylic acids is 1. The maximum atomic E-state index is 12.6. The zero-order valence-electron chi connectivity index (χ0n) is 14.9. The number of rotatable bonds is 5. The number of hydrogen-bond donors (Lipinski definition) is 1. The molecular weight excluding hydrogens is 330 g/mol. The van der Waals surface area contributed by atoms with Gasteiger partial charge < -0.3 is 5.32 Å². The number of carbonyl (C=O) groups is 1. The van der Waals surface area contributed by atoms with Crippen LogP contribution in [0.25, 0.3) is 0 Å². The SMILES string of the molecule is O=C(Cn1c(=O)ccn(Cc2ccccc2)c1=O)NC1CCCCCC1. The molecule has 0 radical (unpaired) electrons. The van der Waals surface area contributed by atoms with Crippen LogP contribution in [0.1, 0.15) is 44.1 Å². The van der Waals surface area contributed by atoms with E-state index in [-0.39, 0.29) is 18.5 Å². The van der Waals surface area contributed by atoms with E-state index in [0.717, 1.165) is 35.8 Å². The second-order valence-electron chi connectivity index (χ2n) is 6.89. The number of benzene rings is 1. The Bertz CT molecular complexity index is 847. The fourth-order valence-electron chi connectivity index (χ4n) is 3.44. The van der Waals surface area contributed by atoms with E-state index < -0.39 is 11.2 Å². The third-order valence-corrected chi connectivity index (χ3v) is 4.86. The average Bonchev–Trinajstić information content (AvgIpc) is 2.90. The highest BCUT2D eigenvalue weighted by atomic mass is 16.2. The lowest BCUT2D eigenvalue weighted by atomic mass is 10.1. The summed E-state index contributed by atoms with van der Waals surface area (Å²) < 4.78 is 2.46. The second kappa shape index (κ2) is 8.65. The highest BCUT2D eigenvalue weighted by molar-refractivity contribution is 5.76. The molecule has 26 heavy (non-hydrogen) atoms. The van der Waals surface area contributed by atoms with Gasteiger partial charge in [0.05, 0.1) is 6.54 Å². The van der Waals surface area contributed by atoms with E-state index in [0.29, 0.717) is 6.54 Å². The van der Waals surface area contributed by atoms with E-state index in [9.17, 15) is 14.4 Å². The molecule has 1 saturated carbocycles. The molecule has 0 unspecified atom stereocenters. The van der Waals surface area contributed by atoms with Crippen molar-refractivity contribution in [3.8, 4) is 0 Å². The Morgan fingerprint density at radius 3 is 2.38 bits per heavy atom. The van der Waals surface area contributed by atoms with Crippen LogP contribution in [0.5, 0.6) is 0 Å². The fourth-order valence-corrected chi connectivity index (χ4v) is 3.44. The van der Waals surface area contributed by atoms with E-state index in [2.05, 4.69) is 5.32 Å². The zero-order chi connectivity index (χ0) is 18.4. The minimum absolute atomic E-state index is 0.149. The van der Waals surface area contributed by atoms with E-state index in [1.807, 2.05) is 30.3 Å². The topological polar surface area (TPSA) is 73.1 Å². The van der Waals surface area contributed by atoms with Gasteiger partial charge in [-0.05, 0) is 18.4 Å². The van der Waals surface area contributed by atoms with Crippen LogP contribution in [-0.4, -0.2) is 21.1 Å². The summed E-state index contributed by atoms with van der Waals surface area (Å²) in [4.78, 5) is 37.1. The summed E-state index contributed by atoms with van der Waals surface area (Å²) in [6, 6.07) is 11.0. The minimum atomic E-state index is -0.461. The van der Waals surface area contributed by atoms with Crippen molar-refractivity contribution in [3.63, 3.8) is 0 Å². The Kier molecular flexibility index (Phi) is 6.04. The molecule has 1 fully saturated rings. The van der Waals surface area contributed by atoms with Crippen LogP contribution in [0.3, 0.4) is 0 Å². The first-order chi connectivity index (χ1) is 12.6. The molecule has 1 aliphatic carbocycles. The number of hydrogen-bond acceptors (Lipinski definition) is 3. The minimum Gasteiger partial charge on any atom is -0.352 e. The van der Waals surface area contributed by atoms with Crippen LogP contribution in [0, 0.1) is 0 Å². The molecular formula is C20H25N3O3. The Morgan fingerprint density at radius 1 is 1.00 bits per heavy atom. The zero-order valence-corrected chi connectivity index (χ0v) is 14.9. The van der Waals surface area contributed by atoms with Crippen LogP contribution < -0.4 is 16.6 Å². The molecule has 0 atom stereocenters. The van der Waals surface area contributed by atoms with E-state index >= 15 is 0 Å². The molecule has 0 aliphatic heterocycles. The first-order valence-electron chi connectivity index (χ1n) is 9.27. The highest BCUT2D eigenvalue weighted by Crippen LogP contribution is 2.17. The highest BCUT2D eigenvalue weighted by Gasteiger charge is 2.16. The molecule has 1 aromatic carbocycles. The second-order valence-corrected chi connectivity index (χ2v) is 6.89. The third kappa shape index (κ3) is 4.71. The smallest absolute Gasteiger partial charge is 0.331 e. The largest absolute Gasteiger partial charge is 0.352 e. The summed E-state index contributed by atoms with van der Waals surface area (Å²) >= 11 is 0. The van der Waals surface area contributed by atoms with Crippen molar-refractivity contribution >= 4 is 5.91 Å². The van der Waals surface area contributed by atoms with E-state index in [4.69, 9.17) is 0 Å². The summed E-state index contributed by atoms with van der Waals surface area (Å²) in [5, 5.41) is 2.98. The lowest BCUT2D eigenvalue weighted by Crippen LogP contribution is -2.45. The molecule has 0 spiro atoms. The van der Waals surface area contributed by atoms with E-state index in [1.54, 1.807) is 0 Å². The predicted octanol–water partition coefficient (Wildman–Crippen LogP) is 1.90. The molecule has 1 heterocycles. The number of nitrogens with zero attached hydrogens (tertiary/aromatic N) is 2. The van der Waals surface area contributed by atoms with Crippen LogP contribution in [0.15, 0.2) is 52.2 Å². The number of amides is 1. The molecule has 138 valence electrons. The van der Waals surface area contributed by atoms with Crippen molar-refractivity contribution in [3.05, 3.63) is 69.0 Å². The summed E-state index contributed by atoms with van der Waals surface area (Å²) in [5.74, 6) is -0.270. The quantitative estimate of drug-likeness (QED) is 0.833. The Hall–Kier alpha value is -2.63. The lowest BCUT2D eigenvalue weighted by molar-refractivity contribution is -0.122. The van der Waals surface area contributed by atoms with Gasteiger partial charge in [-0.2, -0.15) is 0 Å². The summed E-state index contributed by atoms with van der Waals surface area (Å²) in [6.07, 6.45) is 8.04. The van der Waals surface area contributed by atoms with Gasteiger partial charge in [-0.1, -0.05) is 56.0 Å². The Balaban J connectivity index is 1.72. The first kappa shape index (κ1) is 18.2. The summed E-state index contributed by atoms with van der Waals surface area (Å²) in [7, 11) is 0. The lowest BCUT2D eigenvalue weighted by Gasteiger charge is -2.17. The average molecular weight is 355 g/mol. The molecule has 0 saturated heterocycles. The first-order valence-corrected chi connectivity index (χ1v) is 9.27. The van der Waals surface area contributed by atoms with Crippen LogP contribution in [0.2, 0.25) is 0 Å². The molecule has 1 N–H and O–H groups in total. The Morgan fingerprint density at radius 2 is 1.69 bits per heavy atom. The van der Waals surface area contributed by atoms with Crippen molar-refractivity contribution in [1.29, 1.82) is 0 Å². The number of aromatic nitrogens is 2. The van der Waals surface area contributed by atoms with Gasteiger partial charge in [-0.3, -0.25) is 18.7 Å². The third-order valence-electron chi connectivity index (χ3n) is 4.86.